The molecule has 3 aliphatic rings. The van der Waals surface area contributed by atoms with Gasteiger partial charge in [0.2, 0.25) is 5.91 Å². The van der Waals surface area contributed by atoms with E-state index in [1.807, 2.05) is 4.90 Å². The molecule has 154 valence electrons. The van der Waals surface area contributed by atoms with E-state index in [2.05, 4.69) is 10.5 Å². The van der Waals surface area contributed by atoms with Crippen molar-refractivity contribution in [1.82, 2.24) is 15.4 Å². The van der Waals surface area contributed by atoms with Crippen LogP contribution >= 0.6 is 0 Å². The summed E-state index contributed by atoms with van der Waals surface area (Å²) in [6, 6.07) is 1.58. The van der Waals surface area contributed by atoms with Crippen LogP contribution in [-0.4, -0.2) is 58.3 Å². The quantitative estimate of drug-likeness (QED) is 0.693. The second-order valence-corrected chi connectivity index (χ2v) is 8.56. The number of aromatic nitrogens is 1. The van der Waals surface area contributed by atoms with Crippen LogP contribution in [0.4, 0.5) is 0 Å². The van der Waals surface area contributed by atoms with Gasteiger partial charge in [-0.3, -0.25) is 9.59 Å². The number of rotatable bonds is 5. The SMILES string of the molecule is NC1CCC(C(=O)N2CC[C@@H](NC(=O)c3cc(C4CC4)on3)C[C@H]2CO)CC1. The van der Waals surface area contributed by atoms with Gasteiger partial charge in [-0.05, 0) is 51.4 Å². The maximum atomic E-state index is 12.9. The number of likely N-dealkylation sites (tertiary alicyclic amines) is 1. The van der Waals surface area contributed by atoms with E-state index < -0.39 is 0 Å². The summed E-state index contributed by atoms with van der Waals surface area (Å²) in [6.45, 7) is 0.448. The number of nitrogens with zero attached hydrogens (tertiary/aromatic N) is 2. The molecule has 3 fully saturated rings. The van der Waals surface area contributed by atoms with Gasteiger partial charge in [-0.15, -0.1) is 0 Å². The van der Waals surface area contributed by atoms with Crippen LogP contribution in [0.15, 0.2) is 10.6 Å². The van der Waals surface area contributed by atoms with E-state index in [0.717, 1.165) is 44.3 Å². The fourth-order valence-electron chi connectivity index (χ4n) is 4.46. The first-order valence-electron chi connectivity index (χ1n) is 10.5. The van der Waals surface area contributed by atoms with E-state index >= 15 is 0 Å². The fourth-order valence-corrected chi connectivity index (χ4v) is 4.46. The van der Waals surface area contributed by atoms with Crippen LogP contribution in [0, 0.1) is 5.92 Å². The number of nitrogens with one attached hydrogen (secondary N) is 1. The monoisotopic (exact) mass is 390 g/mol. The lowest BCUT2D eigenvalue weighted by atomic mass is 9.84. The number of aliphatic hydroxyl groups excluding tert-OH is 1. The highest BCUT2D eigenvalue weighted by molar-refractivity contribution is 5.92. The Balaban J connectivity index is 1.32. The van der Waals surface area contributed by atoms with Crippen molar-refractivity contribution in [2.45, 2.75) is 75.4 Å². The Labute approximate surface area is 164 Å². The molecule has 1 aromatic heterocycles. The minimum absolute atomic E-state index is 0.0102. The number of carbonyl (C=O) groups excluding carboxylic acids is 2. The molecule has 1 saturated heterocycles. The number of aliphatic hydroxyl groups is 1. The van der Waals surface area contributed by atoms with Gasteiger partial charge in [-0.25, -0.2) is 0 Å². The van der Waals surface area contributed by atoms with Crippen LogP contribution in [-0.2, 0) is 4.79 Å². The van der Waals surface area contributed by atoms with Crippen molar-refractivity contribution in [3.8, 4) is 0 Å². The first kappa shape index (κ1) is 19.4. The molecule has 0 unspecified atom stereocenters. The van der Waals surface area contributed by atoms with Crippen molar-refractivity contribution in [3.05, 3.63) is 17.5 Å². The molecule has 2 saturated carbocycles. The molecular formula is C20H30N4O4. The van der Waals surface area contributed by atoms with E-state index in [4.69, 9.17) is 10.3 Å². The van der Waals surface area contributed by atoms with E-state index in [0.29, 0.717) is 31.0 Å². The van der Waals surface area contributed by atoms with Crippen LogP contribution in [0.1, 0.15) is 73.5 Å². The van der Waals surface area contributed by atoms with Gasteiger partial charge in [0.05, 0.1) is 12.6 Å². The van der Waals surface area contributed by atoms with E-state index in [1.54, 1.807) is 6.07 Å². The summed E-state index contributed by atoms with van der Waals surface area (Å²) in [6.07, 6.45) is 6.82. The molecule has 4 N–H and O–H groups in total. The maximum absolute atomic E-state index is 12.9. The molecule has 4 rings (SSSR count). The Morgan fingerprint density at radius 2 is 1.96 bits per heavy atom. The predicted molar refractivity (Wildman–Crippen MR) is 101 cm³/mol. The smallest absolute Gasteiger partial charge is 0.273 e. The predicted octanol–water partition coefficient (Wildman–Crippen LogP) is 1.15. The molecule has 8 nitrogen and oxygen atoms in total. The van der Waals surface area contributed by atoms with E-state index in [9.17, 15) is 14.7 Å². The summed E-state index contributed by atoms with van der Waals surface area (Å²) in [5.74, 6) is 1.08. The third-order valence-corrected chi connectivity index (χ3v) is 6.41. The molecule has 0 aromatic carbocycles. The number of piperidine rings is 1. The van der Waals surface area contributed by atoms with Crippen LogP contribution in [0.25, 0.3) is 0 Å². The molecule has 0 spiro atoms. The number of carbonyl (C=O) groups is 2. The Kier molecular flexibility index (Phi) is 5.68. The van der Waals surface area contributed by atoms with Crippen molar-refractivity contribution in [2.24, 2.45) is 11.7 Å². The second-order valence-electron chi connectivity index (χ2n) is 8.56. The number of hydrogen-bond acceptors (Lipinski definition) is 6. The van der Waals surface area contributed by atoms with Crippen LogP contribution in [0.3, 0.4) is 0 Å². The zero-order valence-electron chi connectivity index (χ0n) is 16.2. The summed E-state index contributed by atoms with van der Waals surface area (Å²) in [4.78, 5) is 27.2. The molecule has 2 amide bonds. The molecule has 0 radical (unpaired) electrons. The largest absolute Gasteiger partial charge is 0.394 e. The molecule has 0 bridgehead atoms. The van der Waals surface area contributed by atoms with Gasteiger partial charge in [0.1, 0.15) is 5.76 Å². The average molecular weight is 390 g/mol. The molecular weight excluding hydrogens is 360 g/mol. The minimum Gasteiger partial charge on any atom is -0.394 e. The van der Waals surface area contributed by atoms with Gasteiger partial charge in [-0.2, -0.15) is 0 Å². The van der Waals surface area contributed by atoms with Gasteiger partial charge in [0, 0.05) is 36.5 Å². The average Bonchev–Trinajstić information content (AvgIpc) is 3.44. The Morgan fingerprint density at radius 3 is 2.64 bits per heavy atom. The molecule has 28 heavy (non-hydrogen) atoms. The van der Waals surface area contributed by atoms with Crippen molar-refractivity contribution in [2.75, 3.05) is 13.2 Å². The molecule has 2 aliphatic carbocycles. The van der Waals surface area contributed by atoms with Crippen LogP contribution in [0.5, 0.6) is 0 Å². The first-order valence-corrected chi connectivity index (χ1v) is 10.5. The van der Waals surface area contributed by atoms with Crippen molar-refractivity contribution < 1.29 is 19.2 Å². The third-order valence-electron chi connectivity index (χ3n) is 6.41. The van der Waals surface area contributed by atoms with Gasteiger partial charge in [0.15, 0.2) is 5.69 Å². The normalized spacial score (nSPS) is 30.9. The second kappa shape index (κ2) is 8.21. The lowest BCUT2D eigenvalue weighted by Crippen LogP contribution is -2.55. The Bertz CT molecular complexity index is 709. The fraction of sp³-hybridized carbons (Fsp3) is 0.750. The molecule has 1 aliphatic heterocycles. The number of nitrogens with two attached hydrogens (primary N) is 1. The van der Waals surface area contributed by atoms with E-state index in [-0.39, 0.29) is 42.5 Å². The van der Waals surface area contributed by atoms with E-state index in [1.165, 1.54) is 0 Å². The summed E-state index contributed by atoms with van der Waals surface area (Å²) in [5, 5.41) is 16.7. The van der Waals surface area contributed by atoms with Gasteiger partial charge in [-0.1, -0.05) is 5.16 Å². The zero-order valence-corrected chi connectivity index (χ0v) is 16.2. The number of amides is 2. The van der Waals surface area contributed by atoms with Gasteiger partial charge in [0.25, 0.3) is 5.91 Å². The topological polar surface area (TPSA) is 122 Å². The summed E-state index contributed by atoms with van der Waals surface area (Å²) < 4.78 is 5.25. The molecule has 2 atom stereocenters. The lowest BCUT2D eigenvalue weighted by molar-refractivity contribution is -0.141. The first-order chi connectivity index (χ1) is 13.5. The van der Waals surface area contributed by atoms with Crippen LogP contribution < -0.4 is 11.1 Å². The van der Waals surface area contributed by atoms with Crippen molar-refractivity contribution in [1.29, 1.82) is 0 Å². The molecule has 8 heteroatoms. The van der Waals surface area contributed by atoms with Gasteiger partial charge < -0.3 is 25.6 Å². The standard InChI is InChI=1S/C20H30N4O4/c21-14-5-3-13(4-6-14)20(27)24-8-7-15(9-16(24)11-25)22-19(26)17-10-18(28-23-17)12-1-2-12/h10,12-16,25H,1-9,11,21H2,(H,22,26)/t13?,14?,15-,16+/m1/s1. The number of hydrogen-bond donors (Lipinski definition) is 3. The highest BCUT2D eigenvalue weighted by Gasteiger charge is 2.36. The summed E-state index contributed by atoms with van der Waals surface area (Å²) in [5.41, 5.74) is 6.25. The Hall–Kier alpha value is -1.93. The third kappa shape index (κ3) is 4.22. The van der Waals surface area contributed by atoms with Crippen molar-refractivity contribution in [3.63, 3.8) is 0 Å². The molecule has 2 heterocycles. The highest BCUT2D eigenvalue weighted by Crippen LogP contribution is 2.40. The van der Waals surface area contributed by atoms with Crippen molar-refractivity contribution >= 4 is 11.8 Å². The lowest BCUT2D eigenvalue weighted by Gasteiger charge is -2.41. The summed E-state index contributed by atoms with van der Waals surface area (Å²) >= 11 is 0. The molecule has 1 aromatic rings. The maximum Gasteiger partial charge on any atom is 0.273 e. The Morgan fingerprint density at radius 1 is 1.21 bits per heavy atom. The minimum atomic E-state index is -0.263. The zero-order chi connectivity index (χ0) is 19.7. The van der Waals surface area contributed by atoms with Crippen LogP contribution in [0.2, 0.25) is 0 Å². The summed E-state index contributed by atoms with van der Waals surface area (Å²) in [7, 11) is 0. The highest BCUT2D eigenvalue weighted by atomic mass is 16.5. The van der Waals surface area contributed by atoms with Gasteiger partial charge >= 0.3 is 0 Å².